The molecule has 5 rings (SSSR count). The zero-order valence-corrected chi connectivity index (χ0v) is 24.2. The second-order valence-corrected chi connectivity index (χ2v) is 20.2. The summed E-state index contributed by atoms with van der Waals surface area (Å²) in [5.74, 6) is 0. The normalized spacial score (nSPS) is 13.6. The van der Waals surface area contributed by atoms with E-state index in [9.17, 15) is 0 Å². The van der Waals surface area contributed by atoms with Gasteiger partial charge in [-0.1, -0.05) is 0 Å². The molecule has 0 amide bonds. The van der Waals surface area contributed by atoms with E-state index in [0.717, 1.165) is 13.2 Å². The van der Waals surface area contributed by atoms with Gasteiger partial charge in [0.05, 0.1) is 0 Å². The van der Waals surface area contributed by atoms with Crippen LogP contribution in [0.15, 0.2) is 121 Å². The molecule has 0 spiro atoms. The van der Waals surface area contributed by atoms with Crippen molar-refractivity contribution in [3.05, 3.63) is 121 Å². The molecule has 1 fully saturated rings. The number of benzene rings is 4. The van der Waals surface area contributed by atoms with E-state index in [1.54, 1.807) is 0 Å². The molecule has 174 valence electrons. The minimum absolute atomic E-state index is 1.00. The van der Waals surface area contributed by atoms with Gasteiger partial charge in [0.25, 0.3) is 0 Å². The Balaban J connectivity index is 0.000000486. The monoisotopic (exact) mass is 617 g/mol. The first-order chi connectivity index (χ1) is 16.6. The Hall–Kier alpha value is -1.30. The van der Waals surface area contributed by atoms with Gasteiger partial charge in [-0.25, -0.2) is 0 Å². The van der Waals surface area contributed by atoms with Gasteiger partial charge in [-0.3, -0.25) is 0 Å². The van der Waals surface area contributed by atoms with E-state index in [0.29, 0.717) is 0 Å². The fourth-order valence-electron chi connectivity index (χ4n) is 3.79. The number of ether oxygens (including phenoxy) is 1. The number of hydrogen-bond acceptors (Lipinski definition) is 2. The Kier molecular flexibility index (Phi) is 9.55. The summed E-state index contributed by atoms with van der Waals surface area (Å²) in [5, 5.41) is 5.21. The van der Waals surface area contributed by atoms with E-state index in [2.05, 4.69) is 156 Å². The van der Waals surface area contributed by atoms with Crippen molar-refractivity contribution in [2.45, 2.75) is 12.8 Å². The average molecular weight is 615 g/mol. The molecule has 4 aromatic rings. The molecule has 0 radical (unpaired) electrons. The third-order valence-corrected chi connectivity index (χ3v) is 20.3. The van der Waals surface area contributed by atoms with Gasteiger partial charge in [-0.15, -0.1) is 0 Å². The van der Waals surface area contributed by atoms with Crippen LogP contribution in [0.25, 0.3) is 0 Å². The van der Waals surface area contributed by atoms with E-state index in [1.807, 2.05) is 0 Å². The molecule has 1 aliphatic heterocycles. The van der Waals surface area contributed by atoms with E-state index < -0.39 is 11.3 Å². The summed E-state index contributed by atoms with van der Waals surface area (Å²) < 4.78 is 4.94. The summed E-state index contributed by atoms with van der Waals surface area (Å²) >= 11 is 7.25. The van der Waals surface area contributed by atoms with E-state index in [1.165, 1.54) is 34.1 Å². The van der Waals surface area contributed by atoms with Gasteiger partial charge in [0.2, 0.25) is 0 Å². The second kappa shape index (κ2) is 12.6. The molecule has 0 unspecified atom stereocenters. The third kappa shape index (κ3) is 6.27. The van der Waals surface area contributed by atoms with Crippen LogP contribution in [0.5, 0.6) is 0 Å². The first-order valence-corrected chi connectivity index (χ1v) is 19.4. The van der Waals surface area contributed by atoms with Gasteiger partial charge in [-0.2, -0.15) is 0 Å². The topological polar surface area (TPSA) is 21.3 Å². The van der Waals surface area contributed by atoms with Gasteiger partial charge in [0.1, 0.15) is 0 Å². The minimum atomic E-state index is -1.98. The summed E-state index contributed by atoms with van der Waals surface area (Å²) in [6.07, 6.45) is 2.56. The Morgan fingerprint density at radius 3 is 0.941 bits per heavy atom. The van der Waals surface area contributed by atoms with Crippen molar-refractivity contribution in [3.8, 4) is 0 Å². The molecule has 0 saturated carbocycles. The molecular formula is C28H29NOP2Se2. The van der Waals surface area contributed by atoms with Crippen LogP contribution >= 0.6 is 11.3 Å². The van der Waals surface area contributed by atoms with Crippen molar-refractivity contribution in [2.75, 3.05) is 13.2 Å². The standard InChI is InChI=1S/C24H21NP2Se2.C4H8O/c28-26(21-13-5-1-6-14-21,22-15-7-2-8-16-22)25-27(29,23-17-9-3-10-18-23)24-19-11-4-12-20-24;1-2-4-5-3-1/h1-20H,(H,25,28,29);1-4H2. The van der Waals surface area contributed by atoms with Crippen molar-refractivity contribution in [3.63, 3.8) is 0 Å². The fraction of sp³-hybridized carbons (Fsp3) is 0.143. The van der Waals surface area contributed by atoms with Crippen molar-refractivity contribution in [2.24, 2.45) is 0 Å². The molecule has 34 heavy (non-hydrogen) atoms. The number of hydrogen-bond donors (Lipinski definition) is 1. The van der Waals surface area contributed by atoms with Crippen molar-refractivity contribution >= 4 is 62.7 Å². The average Bonchev–Trinajstić information content (AvgIpc) is 3.51. The van der Waals surface area contributed by atoms with Crippen molar-refractivity contribution in [1.29, 1.82) is 0 Å². The van der Waals surface area contributed by atoms with Crippen LogP contribution in [-0.2, 0) is 4.74 Å². The predicted molar refractivity (Wildman–Crippen MR) is 153 cm³/mol. The Bertz CT molecular complexity index is 1060. The van der Waals surface area contributed by atoms with Crippen LogP contribution in [-0.4, -0.2) is 43.4 Å². The maximum atomic E-state index is 4.94. The van der Waals surface area contributed by atoms with Crippen LogP contribution < -0.4 is 26.1 Å². The molecule has 2 nitrogen and oxygen atoms in total. The molecule has 0 aliphatic carbocycles. The van der Waals surface area contributed by atoms with Crippen molar-refractivity contribution < 1.29 is 4.74 Å². The van der Waals surface area contributed by atoms with E-state index in [-0.39, 0.29) is 0 Å². The summed E-state index contributed by atoms with van der Waals surface area (Å²) in [7, 11) is 0. The first-order valence-electron chi connectivity index (χ1n) is 11.4. The molecule has 0 atom stereocenters. The van der Waals surface area contributed by atoms with Gasteiger partial charge in [0, 0.05) is 13.2 Å². The van der Waals surface area contributed by atoms with E-state index in [4.69, 9.17) is 4.74 Å². The molecule has 0 bridgehead atoms. The summed E-state index contributed by atoms with van der Waals surface area (Å²) in [6.45, 7) is 2.00. The van der Waals surface area contributed by atoms with E-state index >= 15 is 0 Å². The first kappa shape index (κ1) is 25.8. The van der Waals surface area contributed by atoms with Crippen LogP contribution in [0, 0.1) is 0 Å². The van der Waals surface area contributed by atoms with Crippen molar-refractivity contribution in [1.82, 2.24) is 4.86 Å². The van der Waals surface area contributed by atoms with Gasteiger partial charge in [-0.05, 0) is 12.8 Å². The number of nitrogens with one attached hydrogen (secondary N) is 1. The zero-order chi connectivity index (χ0) is 23.7. The SMILES string of the molecule is C1CCOC1.[Se]=P(NP(=[Se])(c1ccccc1)c1ccccc1)(c1ccccc1)c1ccccc1. The van der Waals surface area contributed by atoms with Crippen LogP contribution in [0.3, 0.4) is 0 Å². The molecule has 4 aromatic carbocycles. The Morgan fingerprint density at radius 1 is 0.471 bits per heavy atom. The molecule has 1 heterocycles. The second-order valence-electron chi connectivity index (χ2n) is 7.98. The molecule has 1 aliphatic rings. The molecule has 6 heteroatoms. The van der Waals surface area contributed by atoms with Gasteiger partial charge < -0.3 is 4.74 Å². The third-order valence-electron chi connectivity index (χ3n) is 5.59. The number of rotatable bonds is 6. The quantitative estimate of drug-likeness (QED) is 0.251. The molecule has 1 saturated heterocycles. The van der Waals surface area contributed by atoms with Gasteiger partial charge >= 0.3 is 189 Å². The summed E-state index contributed by atoms with van der Waals surface area (Å²) in [4.78, 5) is 4.18. The fourth-order valence-corrected chi connectivity index (χ4v) is 20.2. The van der Waals surface area contributed by atoms with Crippen LogP contribution in [0.2, 0.25) is 0 Å². The molecule has 0 aromatic heterocycles. The maximum absolute atomic E-state index is 4.94. The zero-order valence-electron chi connectivity index (χ0n) is 19.0. The summed E-state index contributed by atoms with van der Waals surface area (Å²) in [5.41, 5.74) is -3.97. The van der Waals surface area contributed by atoms with Crippen LogP contribution in [0.4, 0.5) is 0 Å². The van der Waals surface area contributed by atoms with Crippen LogP contribution in [0.1, 0.15) is 12.8 Å². The summed E-state index contributed by atoms with van der Waals surface area (Å²) in [6, 6.07) is 43.1. The Morgan fingerprint density at radius 2 is 0.735 bits per heavy atom. The molecule has 1 N–H and O–H groups in total. The van der Waals surface area contributed by atoms with Gasteiger partial charge in [0.15, 0.2) is 0 Å². The predicted octanol–water partition coefficient (Wildman–Crippen LogP) is 4.71. The molecular weight excluding hydrogens is 586 g/mol. The Labute approximate surface area is 218 Å².